The Morgan fingerprint density at radius 2 is 1.23 bits per heavy atom. The lowest BCUT2D eigenvalue weighted by atomic mass is 9.90. The van der Waals surface area contributed by atoms with E-state index in [1.54, 1.807) is 0 Å². The van der Waals surface area contributed by atoms with E-state index in [0.717, 1.165) is 83.1 Å². The predicted octanol–water partition coefficient (Wildman–Crippen LogP) is 12.9. The van der Waals surface area contributed by atoms with Crippen molar-refractivity contribution in [2.75, 3.05) is 0 Å². The first-order valence-electron chi connectivity index (χ1n) is 17.8. The van der Waals surface area contributed by atoms with Gasteiger partial charge in [-0.15, -0.1) is 5.73 Å². The summed E-state index contributed by atoms with van der Waals surface area (Å²) >= 11 is 0. The lowest BCUT2D eigenvalue weighted by Crippen LogP contribution is -2.04. The number of aromatic nitrogens is 1. The van der Waals surface area contributed by atoms with Gasteiger partial charge in [-0.1, -0.05) is 110 Å². The molecule has 3 aromatic heterocycles. The topological polar surface area (TPSA) is 43.6 Å². The molecule has 0 unspecified atom stereocenters. The van der Waals surface area contributed by atoms with E-state index in [1.165, 1.54) is 21.8 Å². The molecule has 0 saturated heterocycles. The highest BCUT2D eigenvalue weighted by Gasteiger charge is 2.25. The van der Waals surface area contributed by atoms with Crippen molar-refractivity contribution in [2.45, 2.75) is 6.04 Å². The summed E-state index contributed by atoms with van der Waals surface area (Å²) in [5, 5.41) is 6.77. The van der Waals surface area contributed by atoms with E-state index in [4.69, 9.17) is 13.8 Å². The van der Waals surface area contributed by atoms with E-state index in [-0.39, 0.29) is 6.04 Å². The fourth-order valence-electron chi connectivity index (χ4n) is 8.15. The molecule has 11 rings (SSSR count). The van der Waals surface area contributed by atoms with Crippen molar-refractivity contribution in [1.82, 2.24) is 4.57 Å². The highest BCUT2D eigenvalue weighted by Crippen LogP contribution is 2.42. The molecule has 248 valence electrons. The Kier molecular flexibility index (Phi) is 6.39. The summed E-state index contributed by atoms with van der Waals surface area (Å²) in [7, 11) is 0. The normalized spacial score (nSPS) is 14.9. The molecule has 0 N–H and O–H groups in total. The van der Waals surface area contributed by atoms with Gasteiger partial charge in [0.15, 0.2) is 0 Å². The van der Waals surface area contributed by atoms with Gasteiger partial charge in [0.05, 0.1) is 16.7 Å². The third kappa shape index (κ3) is 4.53. The zero-order valence-electron chi connectivity index (χ0n) is 28.6. The minimum atomic E-state index is -0.327. The van der Waals surface area contributed by atoms with Crippen LogP contribution in [0.5, 0.6) is 0 Å². The van der Waals surface area contributed by atoms with E-state index in [0.29, 0.717) is 0 Å². The maximum atomic E-state index is 6.53. The second-order valence-electron chi connectivity index (χ2n) is 13.7. The summed E-state index contributed by atoms with van der Waals surface area (Å²) in [4.78, 5) is 5.36. The van der Waals surface area contributed by atoms with Crippen molar-refractivity contribution in [3.05, 3.63) is 198 Å². The van der Waals surface area contributed by atoms with Crippen molar-refractivity contribution in [2.24, 2.45) is 4.99 Å². The molecule has 0 aliphatic carbocycles. The quantitative estimate of drug-likeness (QED) is 0.174. The molecule has 0 spiro atoms. The van der Waals surface area contributed by atoms with Gasteiger partial charge in [-0.3, -0.25) is 4.99 Å². The maximum Gasteiger partial charge on any atom is 0.143 e. The first-order chi connectivity index (χ1) is 26.2. The van der Waals surface area contributed by atoms with Crippen LogP contribution in [-0.4, -0.2) is 10.3 Å². The van der Waals surface area contributed by atoms with E-state index < -0.39 is 0 Å². The van der Waals surface area contributed by atoms with Crippen LogP contribution < -0.4 is 0 Å². The van der Waals surface area contributed by atoms with Crippen LogP contribution in [0.2, 0.25) is 0 Å². The number of hydrogen-bond acceptors (Lipinski definition) is 3. The summed E-state index contributed by atoms with van der Waals surface area (Å²) in [6, 6.07) is 54.5. The van der Waals surface area contributed by atoms with E-state index in [1.807, 2.05) is 42.5 Å². The smallest absolute Gasteiger partial charge is 0.143 e. The van der Waals surface area contributed by atoms with Gasteiger partial charge < -0.3 is 13.4 Å². The van der Waals surface area contributed by atoms with Crippen LogP contribution in [0.25, 0.3) is 76.9 Å². The highest BCUT2D eigenvalue weighted by molar-refractivity contribution is 6.15. The summed E-state index contributed by atoms with van der Waals surface area (Å²) in [6.07, 6.45) is 1.98. The molecule has 0 radical (unpaired) electrons. The zero-order chi connectivity index (χ0) is 35.0. The van der Waals surface area contributed by atoms with Gasteiger partial charge in [0.2, 0.25) is 0 Å². The molecule has 10 aromatic rings. The summed E-state index contributed by atoms with van der Waals surface area (Å²) in [5.41, 5.74) is 15.9. The average Bonchev–Trinajstić information content (AvgIpc) is 3.84. The number of nitrogens with zero attached hydrogens (tertiary/aromatic N) is 2. The molecule has 53 heavy (non-hydrogen) atoms. The van der Waals surface area contributed by atoms with E-state index >= 15 is 0 Å². The predicted molar refractivity (Wildman–Crippen MR) is 218 cm³/mol. The van der Waals surface area contributed by atoms with Crippen LogP contribution in [0.4, 0.5) is 0 Å². The van der Waals surface area contributed by atoms with Crippen LogP contribution in [0, 0.1) is 0 Å². The van der Waals surface area contributed by atoms with Crippen LogP contribution in [0.1, 0.15) is 22.7 Å². The van der Waals surface area contributed by atoms with Crippen molar-refractivity contribution >= 4 is 77.0 Å². The molecule has 1 atom stereocenters. The second kappa shape index (κ2) is 11.4. The van der Waals surface area contributed by atoms with E-state index in [2.05, 4.69) is 138 Å². The number of hydrogen-bond donors (Lipinski definition) is 0. The Bertz CT molecular complexity index is 3180. The van der Waals surface area contributed by atoms with Crippen LogP contribution >= 0.6 is 0 Å². The molecule has 7 aromatic carbocycles. The molecule has 4 heteroatoms. The van der Waals surface area contributed by atoms with Crippen molar-refractivity contribution in [1.29, 1.82) is 0 Å². The van der Waals surface area contributed by atoms with Gasteiger partial charge >= 0.3 is 0 Å². The summed E-state index contributed by atoms with van der Waals surface area (Å²) in [6.45, 7) is 4.64. The monoisotopic (exact) mass is 678 g/mol. The van der Waals surface area contributed by atoms with Gasteiger partial charge in [-0.05, 0) is 65.7 Å². The molecule has 1 aliphatic rings. The minimum Gasteiger partial charge on any atom is -0.456 e. The van der Waals surface area contributed by atoms with Gasteiger partial charge in [-0.2, -0.15) is 0 Å². The minimum absolute atomic E-state index is 0.327. The van der Waals surface area contributed by atoms with Crippen LogP contribution in [0.3, 0.4) is 0 Å². The van der Waals surface area contributed by atoms with Gasteiger partial charge in [-0.25, -0.2) is 0 Å². The van der Waals surface area contributed by atoms with Crippen molar-refractivity contribution < 1.29 is 8.83 Å². The molecule has 4 heterocycles. The van der Waals surface area contributed by atoms with Crippen molar-refractivity contribution in [3.8, 4) is 5.69 Å². The molecule has 0 fully saturated rings. The van der Waals surface area contributed by atoms with E-state index in [9.17, 15) is 0 Å². The zero-order valence-corrected chi connectivity index (χ0v) is 28.6. The lowest BCUT2D eigenvalue weighted by molar-refractivity contribution is 0.667. The fraction of sp³-hybridized carbons (Fsp3) is 0.0204. The molecule has 0 bridgehead atoms. The number of benzene rings is 7. The summed E-state index contributed by atoms with van der Waals surface area (Å²) < 4.78 is 15.3. The SMILES string of the molecule is C=C1C(c2cccc3c2oc2ccccc23)=C=CC(c2ccc3c(c2)oc2ccc(-n4c5ccccc5c5ccccc54)cc23)=N[C@H]1c1ccccc1. The third-order valence-electron chi connectivity index (χ3n) is 10.7. The standard InChI is InChI=1S/C49H30N2O2/c1-30-34(39-17-11-18-40-37-16-7-10-21-45(37)53-49(39)40)25-26-42(50-48(30)31-12-3-2-4-13-31)32-22-24-38-41-29-33(23-27-46(41)52-47(38)28-32)51-43-19-8-5-14-35(43)36-15-6-9-20-44(36)51/h2-24,26-29,48H,1H2/t48-/m1/s1. The molecular weight excluding hydrogens is 649 g/mol. The Balaban J connectivity index is 1.06. The van der Waals surface area contributed by atoms with Gasteiger partial charge in [0.1, 0.15) is 28.4 Å². The Labute approximate surface area is 304 Å². The Morgan fingerprint density at radius 1 is 0.547 bits per heavy atom. The van der Waals surface area contributed by atoms with Gasteiger partial charge in [0, 0.05) is 60.8 Å². The fourth-order valence-corrected chi connectivity index (χ4v) is 8.15. The number of rotatable bonds is 4. The largest absolute Gasteiger partial charge is 0.456 e. The molecular formula is C49H30N2O2. The first kappa shape index (κ1) is 29.6. The molecule has 1 aliphatic heterocycles. The second-order valence-corrected chi connectivity index (χ2v) is 13.7. The molecule has 4 nitrogen and oxygen atoms in total. The average molecular weight is 679 g/mol. The Morgan fingerprint density at radius 3 is 2.04 bits per heavy atom. The lowest BCUT2D eigenvalue weighted by Gasteiger charge is -2.18. The number of para-hydroxylation sites is 4. The molecule has 0 amide bonds. The van der Waals surface area contributed by atoms with Crippen LogP contribution in [-0.2, 0) is 0 Å². The van der Waals surface area contributed by atoms with Gasteiger partial charge in [0.25, 0.3) is 0 Å². The number of aliphatic imine (C=N–C) groups is 1. The maximum absolute atomic E-state index is 6.53. The van der Waals surface area contributed by atoms with Crippen LogP contribution in [0.15, 0.2) is 196 Å². The summed E-state index contributed by atoms with van der Waals surface area (Å²) in [5.74, 6) is 0. The number of furan rings is 2. The Hall–Kier alpha value is -7.13. The number of fused-ring (bicyclic) bond motifs is 9. The molecule has 0 saturated carbocycles. The third-order valence-corrected chi connectivity index (χ3v) is 10.7. The highest BCUT2D eigenvalue weighted by atomic mass is 16.3. The first-order valence-corrected chi connectivity index (χ1v) is 17.8. The van der Waals surface area contributed by atoms with Crippen molar-refractivity contribution in [3.63, 3.8) is 0 Å².